The Labute approximate surface area is 123 Å². The topological polar surface area (TPSA) is 102 Å². The number of likely N-dealkylation sites (N-methyl/N-ethyl adjacent to an activating group) is 1. The second-order valence-electron chi connectivity index (χ2n) is 4.92. The van der Waals surface area contributed by atoms with Crippen LogP contribution in [0.5, 0.6) is 0 Å². The highest BCUT2D eigenvalue weighted by Gasteiger charge is 2.37. The summed E-state index contributed by atoms with van der Waals surface area (Å²) in [5, 5.41) is 9.27. The van der Waals surface area contributed by atoms with E-state index < -0.39 is 5.54 Å². The maximum atomic E-state index is 12.1. The second kappa shape index (κ2) is 6.71. The molecule has 112 valence electrons. The molecule has 4 N–H and O–H groups in total. The molecule has 20 heavy (non-hydrogen) atoms. The summed E-state index contributed by atoms with van der Waals surface area (Å²) in [6, 6.07) is 0. The fourth-order valence-electron chi connectivity index (χ4n) is 2.23. The summed E-state index contributed by atoms with van der Waals surface area (Å²) < 4.78 is 1.46. The van der Waals surface area contributed by atoms with Gasteiger partial charge in [0.2, 0.25) is 11.8 Å². The monoisotopic (exact) mass is 301 g/mol. The highest BCUT2D eigenvalue weighted by Crippen LogP contribution is 2.28. The third kappa shape index (κ3) is 3.71. The molecule has 8 heteroatoms. The van der Waals surface area contributed by atoms with Crippen molar-refractivity contribution in [1.29, 1.82) is 0 Å². The van der Waals surface area contributed by atoms with Crippen molar-refractivity contribution in [3.05, 3.63) is 12.4 Å². The average molecular weight is 302 g/mol. The second-order valence-corrected chi connectivity index (χ2v) is 4.92. The number of carbonyl (C=O) groups excluding carboxylic acids is 2. The summed E-state index contributed by atoms with van der Waals surface area (Å²) in [6.07, 6.45) is 6.53. The summed E-state index contributed by atoms with van der Waals surface area (Å²) in [5.41, 5.74) is 5.86. The Balaban J connectivity index is 0.00000200. The molecule has 0 aliphatic heterocycles. The van der Waals surface area contributed by atoms with E-state index in [1.165, 1.54) is 10.9 Å². The molecule has 1 aliphatic carbocycles. The number of nitrogens with zero attached hydrogens (tertiary/aromatic N) is 2. The Kier molecular flexibility index (Phi) is 5.52. The zero-order valence-electron chi connectivity index (χ0n) is 11.4. The summed E-state index contributed by atoms with van der Waals surface area (Å²) in [6.45, 7) is 0.125. The van der Waals surface area contributed by atoms with Gasteiger partial charge in [0.25, 0.3) is 0 Å². The normalized spacial score (nSPS) is 16.3. The lowest BCUT2D eigenvalue weighted by atomic mass is 9.98. The number of amides is 2. The molecule has 0 unspecified atom stereocenters. The molecule has 1 aromatic rings. The Morgan fingerprint density at radius 2 is 2.10 bits per heavy atom. The third-order valence-electron chi connectivity index (χ3n) is 3.42. The first-order chi connectivity index (χ1) is 9.03. The third-order valence-corrected chi connectivity index (χ3v) is 3.42. The number of nitrogens with two attached hydrogens (primary N) is 1. The number of aromatic nitrogens is 2. The molecule has 1 aromatic heterocycles. The van der Waals surface area contributed by atoms with Crippen LogP contribution in [-0.4, -0.2) is 34.2 Å². The summed E-state index contributed by atoms with van der Waals surface area (Å²) >= 11 is 0. The van der Waals surface area contributed by atoms with Gasteiger partial charge in [-0.05, 0) is 12.8 Å². The number of carbonyl (C=O) groups is 2. The van der Waals surface area contributed by atoms with Crippen molar-refractivity contribution in [3.63, 3.8) is 0 Å². The molecule has 1 fully saturated rings. The van der Waals surface area contributed by atoms with Gasteiger partial charge in [0.15, 0.2) is 0 Å². The smallest absolute Gasteiger partial charge is 0.244 e. The molecular formula is C12H20ClN5O2. The molecule has 2 rings (SSSR count). The Bertz CT molecular complexity index is 482. The molecule has 1 aliphatic rings. The van der Waals surface area contributed by atoms with Crippen molar-refractivity contribution in [3.8, 4) is 0 Å². The van der Waals surface area contributed by atoms with Crippen LogP contribution in [0.3, 0.4) is 0 Å². The lowest BCUT2D eigenvalue weighted by Crippen LogP contribution is -2.48. The standard InChI is InChI=1S/C12H19N5O2.ClH/c1-14-10(18)8-17-7-9(6-15-17)16-11(19)12(13)4-2-3-5-12;/h6-7H,2-5,8,13H2,1H3,(H,14,18)(H,16,19);1H. The van der Waals surface area contributed by atoms with Gasteiger partial charge < -0.3 is 16.4 Å². The highest BCUT2D eigenvalue weighted by atomic mass is 35.5. The van der Waals surface area contributed by atoms with Gasteiger partial charge >= 0.3 is 0 Å². The fourth-order valence-corrected chi connectivity index (χ4v) is 2.23. The zero-order valence-corrected chi connectivity index (χ0v) is 12.2. The number of hydrogen-bond donors (Lipinski definition) is 3. The van der Waals surface area contributed by atoms with E-state index in [9.17, 15) is 9.59 Å². The molecule has 2 amide bonds. The van der Waals surface area contributed by atoms with E-state index in [-0.39, 0.29) is 30.8 Å². The largest absolute Gasteiger partial charge is 0.358 e. The SMILES string of the molecule is CNC(=O)Cn1cc(NC(=O)C2(N)CCCC2)cn1.Cl. The first kappa shape index (κ1) is 16.5. The van der Waals surface area contributed by atoms with Gasteiger partial charge in [0.1, 0.15) is 6.54 Å². The van der Waals surface area contributed by atoms with Crippen LogP contribution in [-0.2, 0) is 16.1 Å². The van der Waals surface area contributed by atoms with Crippen molar-refractivity contribution in [1.82, 2.24) is 15.1 Å². The molecule has 0 aromatic carbocycles. The number of nitrogens with one attached hydrogen (secondary N) is 2. The van der Waals surface area contributed by atoms with Crippen LogP contribution in [0.25, 0.3) is 0 Å². The first-order valence-electron chi connectivity index (χ1n) is 6.37. The van der Waals surface area contributed by atoms with E-state index in [1.807, 2.05) is 0 Å². The number of anilines is 1. The van der Waals surface area contributed by atoms with Crippen LogP contribution >= 0.6 is 12.4 Å². The molecule has 0 spiro atoms. The van der Waals surface area contributed by atoms with Crippen molar-refractivity contribution in [2.75, 3.05) is 12.4 Å². The van der Waals surface area contributed by atoms with Gasteiger partial charge in [-0.15, -0.1) is 12.4 Å². The van der Waals surface area contributed by atoms with Gasteiger partial charge in [-0.3, -0.25) is 14.3 Å². The molecule has 0 bridgehead atoms. The van der Waals surface area contributed by atoms with Crippen LogP contribution in [0, 0.1) is 0 Å². The number of hydrogen-bond acceptors (Lipinski definition) is 4. The summed E-state index contributed by atoms with van der Waals surface area (Å²) in [7, 11) is 1.56. The number of halogens is 1. The van der Waals surface area contributed by atoms with Gasteiger partial charge in [-0.25, -0.2) is 0 Å². The minimum absolute atomic E-state index is 0. The summed E-state index contributed by atoms with van der Waals surface area (Å²) in [4.78, 5) is 23.3. The quantitative estimate of drug-likeness (QED) is 0.742. The molecular weight excluding hydrogens is 282 g/mol. The lowest BCUT2D eigenvalue weighted by molar-refractivity contribution is -0.121. The maximum absolute atomic E-state index is 12.1. The predicted molar refractivity (Wildman–Crippen MR) is 77.6 cm³/mol. The Morgan fingerprint density at radius 1 is 1.45 bits per heavy atom. The molecule has 1 heterocycles. The molecule has 7 nitrogen and oxygen atoms in total. The number of rotatable bonds is 4. The summed E-state index contributed by atoms with van der Waals surface area (Å²) in [5.74, 6) is -0.323. The maximum Gasteiger partial charge on any atom is 0.244 e. The Morgan fingerprint density at radius 3 is 2.70 bits per heavy atom. The van der Waals surface area contributed by atoms with Gasteiger partial charge in [-0.1, -0.05) is 12.8 Å². The molecule has 0 atom stereocenters. The van der Waals surface area contributed by atoms with Crippen LogP contribution < -0.4 is 16.4 Å². The highest BCUT2D eigenvalue weighted by molar-refractivity contribution is 5.98. The van der Waals surface area contributed by atoms with Crippen LogP contribution in [0.1, 0.15) is 25.7 Å². The lowest BCUT2D eigenvalue weighted by Gasteiger charge is -2.21. The minimum Gasteiger partial charge on any atom is -0.358 e. The van der Waals surface area contributed by atoms with Crippen LogP contribution in [0.4, 0.5) is 5.69 Å². The Hall–Kier alpha value is -1.60. The van der Waals surface area contributed by atoms with Crippen molar-refractivity contribution < 1.29 is 9.59 Å². The van der Waals surface area contributed by atoms with Gasteiger partial charge in [0, 0.05) is 13.2 Å². The van der Waals surface area contributed by atoms with E-state index in [4.69, 9.17) is 5.73 Å². The first-order valence-corrected chi connectivity index (χ1v) is 6.37. The van der Waals surface area contributed by atoms with Crippen LogP contribution in [0.2, 0.25) is 0 Å². The minimum atomic E-state index is -0.761. The van der Waals surface area contributed by atoms with E-state index in [0.29, 0.717) is 18.5 Å². The van der Waals surface area contributed by atoms with E-state index in [0.717, 1.165) is 12.8 Å². The van der Waals surface area contributed by atoms with Crippen molar-refractivity contribution in [2.24, 2.45) is 5.73 Å². The van der Waals surface area contributed by atoms with Crippen LogP contribution in [0.15, 0.2) is 12.4 Å². The molecule has 1 saturated carbocycles. The van der Waals surface area contributed by atoms with Crippen molar-refractivity contribution >= 4 is 29.9 Å². The molecule has 0 saturated heterocycles. The van der Waals surface area contributed by atoms with E-state index in [1.54, 1.807) is 13.2 Å². The van der Waals surface area contributed by atoms with E-state index in [2.05, 4.69) is 15.7 Å². The fraction of sp³-hybridized carbons (Fsp3) is 0.583. The molecule has 0 radical (unpaired) electrons. The van der Waals surface area contributed by atoms with Crippen molar-refractivity contribution in [2.45, 2.75) is 37.8 Å². The van der Waals surface area contributed by atoms with Gasteiger partial charge in [-0.2, -0.15) is 5.10 Å². The zero-order chi connectivity index (χ0) is 13.9. The van der Waals surface area contributed by atoms with Gasteiger partial charge in [0.05, 0.1) is 17.4 Å². The predicted octanol–water partition coefficient (Wildman–Crippen LogP) is 0.261. The average Bonchev–Trinajstić information content (AvgIpc) is 2.99. The van der Waals surface area contributed by atoms with E-state index >= 15 is 0 Å².